The predicted octanol–water partition coefficient (Wildman–Crippen LogP) is 2.32. The van der Waals surface area contributed by atoms with E-state index in [1.165, 1.54) is 0 Å². The lowest BCUT2D eigenvalue weighted by atomic mass is 9.64. The molecular weight excluding hydrogens is 192 g/mol. The SMILES string of the molecule is CCC1(C)C(=O)CCCC1c1cnno1. The van der Waals surface area contributed by atoms with Crippen LogP contribution in [0.5, 0.6) is 0 Å². The highest BCUT2D eigenvalue weighted by Gasteiger charge is 2.44. The third-order valence-corrected chi connectivity index (χ3v) is 3.76. The number of carbonyl (C=O) groups is 1. The van der Waals surface area contributed by atoms with Gasteiger partial charge in [0.1, 0.15) is 5.78 Å². The van der Waals surface area contributed by atoms with E-state index >= 15 is 0 Å². The maximum absolute atomic E-state index is 12.0. The number of carbonyl (C=O) groups excluding carboxylic acids is 1. The van der Waals surface area contributed by atoms with Crippen molar-refractivity contribution in [2.75, 3.05) is 0 Å². The molecule has 2 rings (SSSR count). The molecule has 0 N–H and O–H groups in total. The monoisotopic (exact) mass is 208 g/mol. The van der Waals surface area contributed by atoms with Gasteiger partial charge in [-0.05, 0) is 19.3 Å². The molecule has 1 aliphatic carbocycles. The fourth-order valence-electron chi connectivity index (χ4n) is 2.49. The Morgan fingerprint density at radius 1 is 1.67 bits per heavy atom. The number of nitrogens with zero attached hydrogens (tertiary/aromatic N) is 2. The van der Waals surface area contributed by atoms with Crippen molar-refractivity contribution in [3.8, 4) is 0 Å². The van der Waals surface area contributed by atoms with E-state index < -0.39 is 0 Å². The Labute approximate surface area is 89.0 Å². The summed E-state index contributed by atoms with van der Waals surface area (Å²) < 4.78 is 5.11. The van der Waals surface area contributed by atoms with Crippen LogP contribution in [0, 0.1) is 5.41 Å². The van der Waals surface area contributed by atoms with E-state index in [1.807, 2.05) is 6.92 Å². The molecule has 2 unspecified atom stereocenters. The maximum Gasteiger partial charge on any atom is 0.161 e. The summed E-state index contributed by atoms with van der Waals surface area (Å²) in [5, 5.41) is 7.18. The van der Waals surface area contributed by atoms with Crippen molar-refractivity contribution < 1.29 is 9.32 Å². The quantitative estimate of drug-likeness (QED) is 0.748. The van der Waals surface area contributed by atoms with Crippen LogP contribution in [0.1, 0.15) is 51.2 Å². The Morgan fingerprint density at radius 2 is 2.47 bits per heavy atom. The largest absolute Gasteiger partial charge is 0.342 e. The second kappa shape index (κ2) is 3.76. The van der Waals surface area contributed by atoms with Gasteiger partial charge in [-0.1, -0.05) is 13.8 Å². The molecule has 0 bridgehead atoms. The average molecular weight is 208 g/mol. The number of ketones is 1. The standard InChI is InChI=1S/C11H16N2O2/c1-3-11(2)8(5-4-6-10(11)14)9-7-12-13-15-9/h7-8H,3-6H2,1-2H3. The summed E-state index contributed by atoms with van der Waals surface area (Å²) in [7, 11) is 0. The molecule has 0 amide bonds. The Balaban J connectivity index is 2.33. The summed E-state index contributed by atoms with van der Waals surface area (Å²) in [6.07, 6.45) is 5.11. The van der Waals surface area contributed by atoms with Gasteiger partial charge in [0.2, 0.25) is 0 Å². The molecule has 4 heteroatoms. The van der Waals surface area contributed by atoms with Crippen molar-refractivity contribution in [3.63, 3.8) is 0 Å². The first kappa shape index (κ1) is 10.3. The van der Waals surface area contributed by atoms with Gasteiger partial charge in [0.05, 0.1) is 6.20 Å². The number of hydrogen-bond donors (Lipinski definition) is 0. The second-order valence-corrected chi connectivity index (χ2v) is 4.46. The summed E-state index contributed by atoms with van der Waals surface area (Å²) in [6.45, 7) is 4.09. The van der Waals surface area contributed by atoms with Crippen LogP contribution in [-0.4, -0.2) is 16.2 Å². The van der Waals surface area contributed by atoms with Crippen LogP contribution in [0.3, 0.4) is 0 Å². The minimum atomic E-state index is -0.292. The van der Waals surface area contributed by atoms with Crippen LogP contribution in [0.4, 0.5) is 0 Å². The zero-order chi connectivity index (χ0) is 10.9. The van der Waals surface area contributed by atoms with Crippen LogP contribution < -0.4 is 0 Å². The lowest BCUT2D eigenvalue weighted by Crippen LogP contribution is -2.37. The molecule has 0 saturated heterocycles. The molecule has 2 atom stereocenters. The smallest absolute Gasteiger partial charge is 0.161 e. The number of Topliss-reactive ketones (excluding diaryl/α,β-unsaturated/α-hetero) is 1. The summed E-state index contributed by atoms with van der Waals surface area (Å²) in [5.41, 5.74) is -0.292. The minimum Gasteiger partial charge on any atom is -0.342 e. The van der Waals surface area contributed by atoms with E-state index in [0.717, 1.165) is 25.0 Å². The zero-order valence-electron chi connectivity index (χ0n) is 9.19. The van der Waals surface area contributed by atoms with E-state index in [2.05, 4.69) is 17.3 Å². The number of rotatable bonds is 2. The van der Waals surface area contributed by atoms with E-state index in [-0.39, 0.29) is 11.3 Å². The van der Waals surface area contributed by atoms with E-state index in [9.17, 15) is 4.79 Å². The first-order valence-electron chi connectivity index (χ1n) is 5.49. The molecule has 1 aromatic heterocycles. The molecule has 0 aliphatic heterocycles. The molecule has 1 fully saturated rings. The van der Waals surface area contributed by atoms with E-state index in [1.54, 1.807) is 6.20 Å². The van der Waals surface area contributed by atoms with Gasteiger partial charge in [-0.3, -0.25) is 4.79 Å². The third kappa shape index (κ3) is 1.58. The molecule has 1 saturated carbocycles. The number of aromatic nitrogens is 2. The van der Waals surface area contributed by atoms with Crippen molar-refractivity contribution in [1.82, 2.24) is 10.4 Å². The van der Waals surface area contributed by atoms with Gasteiger partial charge in [-0.25, -0.2) is 0 Å². The molecular formula is C11H16N2O2. The zero-order valence-corrected chi connectivity index (χ0v) is 9.19. The number of hydrogen-bond acceptors (Lipinski definition) is 4. The van der Waals surface area contributed by atoms with Crippen LogP contribution in [0.25, 0.3) is 0 Å². The summed E-state index contributed by atoms with van der Waals surface area (Å²) >= 11 is 0. The average Bonchev–Trinajstić information content (AvgIpc) is 2.75. The lowest BCUT2D eigenvalue weighted by Gasteiger charge is -2.37. The maximum atomic E-state index is 12.0. The molecule has 82 valence electrons. The van der Waals surface area contributed by atoms with Crippen LogP contribution in [-0.2, 0) is 4.79 Å². The van der Waals surface area contributed by atoms with Gasteiger partial charge < -0.3 is 4.52 Å². The normalized spacial score (nSPS) is 31.9. The van der Waals surface area contributed by atoms with Gasteiger partial charge in [0.25, 0.3) is 0 Å². The van der Waals surface area contributed by atoms with Gasteiger partial charge in [0.15, 0.2) is 5.76 Å². The highest BCUT2D eigenvalue weighted by molar-refractivity contribution is 5.86. The lowest BCUT2D eigenvalue weighted by molar-refractivity contribution is -0.132. The van der Waals surface area contributed by atoms with Crippen molar-refractivity contribution in [2.24, 2.45) is 5.41 Å². The van der Waals surface area contributed by atoms with Crippen LogP contribution in [0.15, 0.2) is 10.7 Å². The fraction of sp³-hybridized carbons (Fsp3) is 0.727. The Hall–Kier alpha value is -1.19. The van der Waals surface area contributed by atoms with Gasteiger partial charge >= 0.3 is 0 Å². The molecule has 4 nitrogen and oxygen atoms in total. The molecule has 15 heavy (non-hydrogen) atoms. The van der Waals surface area contributed by atoms with Crippen LogP contribution >= 0.6 is 0 Å². The molecule has 1 aromatic rings. The first-order valence-corrected chi connectivity index (χ1v) is 5.49. The molecule has 0 radical (unpaired) electrons. The van der Waals surface area contributed by atoms with E-state index in [0.29, 0.717) is 12.2 Å². The fourth-order valence-corrected chi connectivity index (χ4v) is 2.49. The first-order chi connectivity index (χ1) is 7.18. The van der Waals surface area contributed by atoms with Crippen molar-refractivity contribution in [2.45, 2.75) is 45.4 Å². The molecule has 1 heterocycles. The summed E-state index contributed by atoms with van der Waals surface area (Å²) in [4.78, 5) is 12.0. The van der Waals surface area contributed by atoms with E-state index in [4.69, 9.17) is 4.52 Å². The van der Waals surface area contributed by atoms with Gasteiger partial charge in [-0.15, -0.1) is 5.10 Å². The van der Waals surface area contributed by atoms with Crippen molar-refractivity contribution >= 4 is 5.78 Å². The highest BCUT2D eigenvalue weighted by Crippen LogP contribution is 2.46. The van der Waals surface area contributed by atoms with Crippen molar-refractivity contribution in [1.29, 1.82) is 0 Å². The van der Waals surface area contributed by atoms with Crippen molar-refractivity contribution in [3.05, 3.63) is 12.0 Å². The topological polar surface area (TPSA) is 56.0 Å². The van der Waals surface area contributed by atoms with Crippen LogP contribution in [0.2, 0.25) is 0 Å². The Bertz CT molecular complexity index is 347. The minimum absolute atomic E-state index is 0.152. The summed E-state index contributed by atoms with van der Waals surface area (Å²) in [6, 6.07) is 0. The Kier molecular flexibility index (Phi) is 2.59. The third-order valence-electron chi connectivity index (χ3n) is 3.76. The summed E-state index contributed by atoms with van der Waals surface area (Å²) in [5.74, 6) is 1.25. The highest BCUT2D eigenvalue weighted by atomic mass is 16.5. The Morgan fingerprint density at radius 3 is 3.07 bits per heavy atom. The second-order valence-electron chi connectivity index (χ2n) is 4.46. The molecule has 0 aromatic carbocycles. The molecule has 0 spiro atoms. The van der Waals surface area contributed by atoms with Gasteiger partial charge in [0, 0.05) is 23.0 Å². The molecule has 1 aliphatic rings. The van der Waals surface area contributed by atoms with Gasteiger partial charge in [-0.2, -0.15) is 0 Å². The predicted molar refractivity (Wildman–Crippen MR) is 54.3 cm³/mol.